The molecular formula is C22H17F2N3O4S. The Balaban J connectivity index is 1.92. The van der Waals surface area contributed by atoms with Crippen molar-refractivity contribution in [3.8, 4) is 6.07 Å². The summed E-state index contributed by atoms with van der Waals surface area (Å²) in [5.41, 5.74) is -0.132. The Morgan fingerprint density at radius 2 is 1.81 bits per heavy atom. The van der Waals surface area contributed by atoms with E-state index in [2.05, 4.69) is 10.6 Å². The molecule has 32 heavy (non-hydrogen) atoms. The lowest BCUT2D eigenvalue weighted by Crippen LogP contribution is -2.44. The maximum absolute atomic E-state index is 14.6. The topological polar surface area (TPSA) is 108 Å². The van der Waals surface area contributed by atoms with Gasteiger partial charge in [-0.1, -0.05) is 42.1 Å². The molecule has 2 aromatic rings. The molecule has 1 aliphatic rings. The highest BCUT2D eigenvalue weighted by atomic mass is 32.2. The van der Waals surface area contributed by atoms with Crippen molar-refractivity contribution >= 4 is 35.2 Å². The maximum atomic E-state index is 14.6. The fraction of sp³-hybridized carbons (Fsp3) is 0.182. The zero-order valence-corrected chi connectivity index (χ0v) is 17.5. The van der Waals surface area contributed by atoms with E-state index in [-0.39, 0.29) is 27.6 Å². The minimum absolute atomic E-state index is 0.00888. The molecule has 2 N–H and O–H groups in total. The Kier molecular flexibility index (Phi) is 7.22. The van der Waals surface area contributed by atoms with Gasteiger partial charge in [0.15, 0.2) is 0 Å². The van der Waals surface area contributed by atoms with E-state index in [0.717, 1.165) is 24.9 Å². The number of nitriles is 1. The molecule has 0 bridgehead atoms. The molecule has 0 spiro atoms. The van der Waals surface area contributed by atoms with Crippen molar-refractivity contribution in [2.75, 3.05) is 18.2 Å². The zero-order chi connectivity index (χ0) is 23.3. The highest BCUT2D eigenvalue weighted by Crippen LogP contribution is 2.41. The van der Waals surface area contributed by atoms with Crippen LogP contribution in [0.3, 0.4) is 0 Å². The molecule has 10 heteroatoms. The third kappa shape index (κ3) is 4.78. The van der Waals surface area contributed by atoms with Gasteiger partial charge >= 0.3 is 5.97 Å². The number of benzene rings is 2. The van der Waals surface area contributed by atoms with Gasteiger partial charge in [-0.3, -0.25) is 14.4 Å². The first-order valence-corrected chi connectivity index (χ1v) is 10.3. The summed E-state index contributed by atoms with van der Waals surface area (Å²) in [7, 11) is 1.08. The van der Waals surface area contributed by atoms with Crippen LogP contribution in [0.25, 0.3) is 0 Å². The monoisotopic (exact) mass is 457 g/mol. The number of para-hydroxylation sites is 1. The van der Waals surface area contributed by atoms with Crippen LogP contribution in [0, 0.1) is 28.9 Å². The van der Waals surface area contributed by atoms with Gasteiger partial charge in [0.2, 0.25) is 11.8 Å². The highest BCUT2D eigenvalue weighted by molar-refractivity contribution is 8.03. The summed E-state index contributed by atoms with van der Waals surface area (Å²) in [5, 5.41) is 14.6. The minimum Gasteiger partial charge on any atom is -0.468 e. The number of carbonyl (C=O) groups excluding carboxylic acids is 3. The lowest BCUT2D eigenvalue weighted by Gasteiger charge is -2.31. The normalized spacial score (nSPS) is 17.9. The second-order valence-corrected chi connectivity index (χ2v) is 7.65. The highest BCUT2D eigenvalue weighted by Gasteiger charge is 2.45. The Bertz CT molecular complexity index is 1150. The molecule has 0 aliphatic carbocycles. The van der Waals surface area contributed by atoms with E-state index in [9.17, 15) is 28.4 Å². The number of hydrogen-bond acceptors (Lipinski definition) is 6. The molecule has 0 aromatic heterocycles. The summed E-state index contributed by atoms with van der Waals surface area (Å²) in [4.78, 5) is 37.3. The van der Waals surface area contributed by atoms with E-state index >= 15 is 0 Å². The van der Waals surface area contributed by atoms with Crippen molar-refractivity contribution in [2.45, 2.75) is 5.92 Å². The number of nitrogens with zero attached hydrogens (tertiary/aromatic N) is 1. The third-order valence-corrected chi connectivity index (χ3v) is 5.74. The van der Waals surface area contributed by atoms with Crippen LogP contribution in [0.15, 0.2) is 59.1 Å². The molecule has 0 fully saturated rings. The quantitative estimate of drug-likeness (QED) is 0.510. The molecule has 1 heterocycles. The Hall–Kier alpha value is -3.71. The summed E-state index contributed by atoms with van der Waals surface area (Å²) in [6.45, 7) is 0. The molecule has 7 nitrogen and oxygen atoms in total. The average Bonchev–Trinajstić information content (AvgIpc) is 2.78. The molecule has 0 radical (unpaired) electrons. The first-order chi connectivity index (χ1) is 15.4. The van der Waals surface area contributed by atoms with Gasteiger partial charge in [-0.25, -0.2) is 8.78 Å². The largest absolute Gasteiger partial charge is 0.468 e. The second-order valence-electron chi connectivity index (χ2n) is 6.66. The van der Waals surface area contributed by atoms with E-state index < -0.39 is 41.3 Å². The van der Waals surface area contributed by atoms with Crippen molar-refractivity contribution in [1.29, 1.82) is 5.26 Å². The molecule has 1 aliphatic heterocycles. The number of halogens is 2. The maximum Gasteiger partial charge on any atom is 0.319 e. The predicted octanol–water partition coefficient (Wildman–Crippen LogP) is 3.07. The Morgan fingerprint density at radius 3 is 2.44 bits per heavy atom. The van der Waals surface area contributed by atoms with Gasteiger partial charge in [0.05, 0.1) is 35.2 Å². The van der Waals surface area contributed by atoms with Gasteiger partial charge < -0.3 is 15.4 Å². The van der Waals surface area contributed by atoms with E-state index in [4.69, 9.17) is 4.74 Å². The number of carbonyl (C=O) groups is 3. The Morgan fingerprint density at radius 1 is 1.16 bits per heavy atom. The van der Waals surface area contributed by atoms with Gasteiger partial charge in [0, 0.05) is 5.92 Å². The van der Waals surface area contributed by atoms with E-state index in [0.29, 0.717) is 0 Å². The number of methoxy groups -OCH3 is 1. The van der Waals surface area contributed by atoms with Crippen LogP contribution < -0.4 is 10.6 Å². The molecule has 164 valence electrons. The fourth-order valence-electron chi connectivity index (χ4n) is 3.27. The van der Waals surface area contributed by atoms with Gasteiger partial charge in [-0.15, -0.1) is 0 Å². The lowest BCUT2D eigenvalue weighted by atomic mass is 9.78. The predicted molar refractivity (Wildman–Crippen MR) is 113 cm³/mol. The lowest BCUT2D eigenvalue weighted by molar-refractivity contribution is -0.150. The third-order valence-electron chi connectivity index (χ3n) is 4.72. The average molecular weight is 457 g/mol. The van der Waals surface area contributed by atoms with Crippen molar-refractivity contribution in [3.05, 3.63) is 76.3 Å². The molecule has 0 saturated carbocycles. The summed E-state index contributed by atoms with van der Waals surface area (Å²) >= 11 is 0.809. The van der Waals surface area contributed by atoms with Crippen LogP contribution in [-0.2, 0) is 19.1 Å². The number of allylic oxidation sites excluding steroid dienone is 1. The van der Waals surface area contributed by atoms with Crippen LogP contribution >= 0.6 is 11.8 Å². The molecular weight excluding hydrogens is 440 g/mol. The number of nitrogens with one attached hydrogen (secondary N) is 2. The number of anilines is 1. The van der Waals surface area contributed by atoms with Gasteiger partial charge in [0.25, 0.3) is 0 Å². The van der Waals surface area contributed by atoms with Crippen LogP contribution in [0.1, 0.15) is 11.5 Å². The van der Waals surface area contributed by atoms with E-state index in [1.165, 1.54) is 36.4 Å². The molecule has 0 unspecified atom stereocenters. The molecule has 0 saturated heterocycles. The fourth-order valence-corrected chi connectivity index (χ4v) is 4.12. The van der Waals surface area contributed by atoms with Gasteiger partial charge in [0.1, 0.15) is 17.6 Å². The second kappa shape index (κ2) is 10.1. The van der Waals surface area contributed by atoms with Gasteiger partial charge in [-0.2, -0.15) is 5.26 Å². The summed E-state index contributed by atoms with van der Waals surface area (Å²) < 4.78 is 33.0. The number of ether oxygens (including phenoxy) is 1. The van der Waals surface area contributed by atoms with Crippen LogP contribution in [0.5, 0.6) is 0 Å². The number of esters is 1. The van der Waals surface area contributed by atoms with E-state index in [1.807, 2.05) is 6.07 Å². The zero-order valence-electron chi connectivity index (χ0n) is 16.7. The standard InChI is InChI=1S/C22H17F2N3O4S/c1-31-22(30)19-18(12-6-2-3-7-14(12)23)13(10-25)21(27-20(19)29)32-11-17(28)26-16-9-5-4-8-15(16)24/h2-9,18-19H,11H2,1H3,(H,26,28)(H,27,29)/t18-,19-/m1/s1. The first kappa shape index (κ1) is 23.0. The number of amides is 2. The van der Waals surface area contributed by atoms with Crippen molar-refractivity contribution in [2.24, 2.45) is 5.92 Å². The van der Waals surface area contributed by atoms with Crippen LogP contribution in [-0.4, -0.2) is 30.6 Å². The molecule has 2 atom stereocenters. The number of hydrogen-bond donors (Lipinski definition) is 2. The summed E-state index contributed by atoms with van der Waals surface area (Å²) in [6, 6.07) is 13.0. The smallest absolute Gasteiger partial charge is 0.319 e. The van der Waals surface area contributed by atoms with Crippen molar-refractivity contribution < 1.29 is 27.9 Å². The summed E-state index contributed by atoms with van der Waals surface area (Å²) in [5.74, 6) is -6.61. The summed E-state index contributed by atoms with van der Waals surface area (Å²) in [6.07, 6.45) is 0. The Labute approximate surface area is 186 Å². The van der Waals surface area contributed by atoms with Crippen molar-refractivity contribution in [1.82, 2.24) is 5.32 Å². The minimum atomic E-state index is -1.48. The number of rotatable bonds is 6. The SMILES string of the molecule is COC(=O)[C@H]1C(=O)NC(SCC(=O)Nc2ccccc2F)=C(C#N)[C@H]1c1ccccc1F. The first-order valence-electron chi connectivity index (χ1n) is 9.32. The van der Waals surface area contributed by atoms with Gasteiger partial charge in [-0.05, 0) is 23.8 Å². The van der Waals surface area contributed by atoms with Crippen molar-refractivity contribution in [3.63, 3.8) is 0 Å². The molecule has 2 aromatic carbocycles. The van der Waals surface area contributed by atoms with E-state index in [1.54, 1.807) is 6.07 Å². The molecule has 2 amide bonds. The number of thioether (sulfide) groups is 1. The van der Waals surface area contributed by atoms with Crippen LogP contribution in [0.4, 0.5) is 14.5 Å². The van der Waals surface area contributed by atoms with Crippen LogP contribution in [0.2, 0.25) is 0 Å². The molecule has 3 rings (SSSR count).